The maximum absolute atomic E-state index is 11.2. The first-order valence-corrected chi connectivity index (χ1v) is 4.81. The van der Waals surface area contributed by atoms with Crippen molar-refractivity contribution < 1.29 is 0 Å². The van der Waals surface area contributed by atoms with Crippen LogP contribution in [0.15, 0.2) is 41.5 Å². The molecule has 0 saturated carbocycles. The molecule has 0 bridgehead atoms. The fourth-order valence-electron chi connectivity index (χ4n) is 1.53. The van der Waals surface area contributed by atoms with Crippen LogP contribution in [0, 0.1) is 11.3 Å². The molecule has 2 aromatic rings. The average molecular weight is 211 g/mol. The lowest BCUT2D eigenvalue weighted by molar-refractivity contribution is 1.08. The van der Waals surface area contributed by atoms with Crippen LogP contribution in [0.25, 0.3) is 11.1 Å². The number of nitriles is 1. The van der Waals surface area contributed by atoms with Crippen molar-refractivity contribution in [3.63, 3.8) is 0 Å². The van der Waals surface area contributed by atoms with E-state index in [1.165, 1.54) is 6.07 Å². The van der Waals surface area contributed by atoms with E-state index in [1.807, 2.05) is 18.2 Å². The van der Waals surface area contributed by atoms with E-state index in [9.17, 15) is 4.79 Å². The van der Waals surface area contributed by atoms with Gasteiger partial charge in [0.15, 0.2) is 0 Å². The number of nitrogens with one attached hydrogen (secondary N) is 1. The molecule has 78 valence electrons. The number of hydrogen-bond acceptors (Lipinski definition) is 3. The fraction of sp³-hybridized carbons (Fsp3) is 0.0833. The lowest BCUT2D eigenvalue weighted by atomic mass is 10.0. The Kier molecular flexibility index (Phi) is 2.79. The number of H-pyrrole nitrogens is 1. The Hall–Kier alpha value is -2.41. The van der Waals surface area contributed by atoms with Crippen LogP contribution in [0.5, 0.6) is 0 Å². The molecular weight excluding hydrogens is 202 g/mol. The Morgan fingerprint density at radius 2 is 2.25 bits per heavy atom. The summed E-state index contributed by atoms with van der Waals surface area (Å²) in [5.41, 5.74) is 2.17. The minimum Gasteiger partial charge on any atom is -0.325 e. The molecule has 0 radical (unpaired) electrons. The number of nitrogens with zero attached hydrogens (tertiary/aromatic N) is 2. The topological polar surface area (TPSA) is 69.5 Å². The molecule has 2 rings (SSSR count). The van der Waals surface area contributed by atoms with Gasteiger partial charge in [-0.3, -0.25) is 9.78 Å². The SMILES string of the molecule is N#CCc1[nH]c(=O)ccc1-c1cccnc1. The largest absolute Gasteiger partial charge is 0.325 e. The Labute approximate surface area is 92.2 Å². The Morgan fingerprint density at radius 3 is 2.94 bits per heavy atom. The summed E-state index contributed by atoms with van der Waals surface area (Å²) in [5, 5.41) is 8.69. The van der Waals surface area contributed by atoms with Crippen molar-refractivity contribution in [2.45, 2.75) is 6.42 Å². The van der Waals surface area contributed by atoms with Crippen molar-refractivity contribution in [2.24, 2.45) is 0 Å². The Bertz CT molecular complexity index is 581. The summed E-state index contributed by atoms with van der Waals surface area (Å²) in [6.07, 6.45) is 3.56. The first-order valence-electron chi connectivity index (χ1n) is 4.81. The lowest BCUT2D eigenvalue weighted by Gasteiger charge is -2.05. The number of pyridine rings is 2. The van der Waals surface area contributed by atoms with Gasteiger partial charge in [-0.25, -0.2) is 0 Å². The average Bonchev–Trinajstić information content (AvgIpc) is 2.31. The van der Waals surface area contributed by atoms with Crippen molar-refractivity contribution in [3.05, 3.63) is 52.7 Å². The van der Waals surface area contributed by atoms with Crippen molar-refractivity contribution in [2.75, 3.05) is 0 Å². The van der Waals surface area contributed by atoms with Crippen LogP contribution in [-0.4, -0.2) is 9.97 Å². The molecule has 0 fully saturated rings. The fourth-order valence-corrected chi connectivity index (χ4v) is 1.53. The van der Waals surface area contributed by atoms with E-state index in [1.54, 1.807) is 18.5 Å². The van der Waals surface area contributed by atoms with Crippen molar-refractivity contribution in [3.8, 4) is 17.2 Å². The summed E-state index contributed by atoms with van der Waals surface area (Å²) in [7, 11) is 0. The normalized spacial score (nSPS) is 9.69. The zero-order valence-electron chi connectivity index (χ0n) is 8.47. The monoisotopic (exact) mass is 211 g/mol. The molecule has 2 heterocycles. The van der Waals surface area contributed by atoms with Crippen LogP contribution in [0.2, 0.25) is 0 Å². The van der Waals surface area contributed by atoms with E-state index < -0.39 is 0 Å². The van der Waals surface area contributed by atoms with Gasteiger partial charge in [-0.1, -0.05) is 6.07 Å². The van der Waals surface area contributed by atoms with Crippen molar-refractivity contribution >= 4 is 0 Å². The molecule has 0 atom stereocenters. The molecule has 0 saturated heterocycles. The molecule has 1 N–H and O–H groups in total. The van der Waals surface area contributed by atoms with Gasteiger partial charge in [-0.2, -0.15) is 5.26 Å². The zero-order chi connectivity index (χ0) is 11.4. The van der Waals surface area contributed by atoms with E-state index in [0.717, 1.165) is 11.1 Å². The standard InChI is InChI=1S/C12H9N3O/c13-6-5-11-10(3-4-12(16)15-11)9-2-1-7-14-8-9/h1-4,7-8H,5H2,(H,15,16). The predicted octanol–water partition coefficient (Wildman–Crippen LogP) is 1.50. The van der Waals surface area contributed by atoms with Crippen molar-refractivity contribution in [1.82, 2.24) is 9.97 Å². The van der Waals surface area contributed by atoms with Crippen LogP contribution < -0.4 is 5.56 Å². The number of aromatic nitrogens is 2. The first kappa shape index (κ1) is 10.1. The zero-order valence-corrected chi connectivity index (χ0v) is 8.47. The molecule has 0 aliphatic carbocycles. The van der Waals surface area contributed by atoms with Gasteiger partial charge in [-0.05, 0) is 12.1 Å². The minimum absolute atomic E-state index is 0.181. The van der Waals surface area contributed by atoms with E-state index in [-0.39, 0.29) is 12.0 Å². The molecule has 16 heavy (non-hydrogen) atoms. The molecule has 0 spiro atoms. The number of rotatable bonds is 2. The summed E-state index contributed by atoms with van der Waals surface area (Å²) in [6, 6.07) is 8.90. The van der Waals surface area contributed by atoms with Gasteiger partial charge in [0.05, 0.1) is 12.5 Å². The van der Waals surface area contributed by atoms with Gasteiger partial charge in [0, 0.05) is 35.3 Å². The molecular formula is C12H9N3O. The minimum atomic E-state index is -0.196. The predicted molar refractivity (Wildman–Crippen MR) is 59.6 cm³/mol. The third kappa shape index (κ3) is 1.98. The highest BCUT2D eigenvalue weighted by atomic mass is 16.1. The van der Waals surface area contributed by atoms with Crippen LogP contribution >= 0.6 is 0 Å². The number of aromatic amines is 1. The summed E-state index contributed by atoms with van der Waals surface area (Å²) in [4.78, 5) is 17.8. The van der Waals surface area contributed by atoms with Gasteiger partial charge in [-0.15, -0.1) is 0 Å². The smallest absolute Gasteiger partial charge is 0.248 e. The van der Waals surface area contributed by atoms with Gasteiger partial charge in [0.2, 0.25) is 5.56 Å². The quantitative estimate of drug-likeness (QED) is 0.818. The molecule has 4 heteroatoms. The lowest BCUT2D eigenvalue weighted by Crippen LogP contribution is -2.08. The van der Waals surface area contributed by atoms with E-state index in [0.29, 0.717) is 5.69 Å². The first-order chi connectivity index (χ1) is 7.81. The summed E-state index contributed by atoms with van der Waals surface area (Å²) in [6.45, 7) is 0. The second kappa shape index (κ2) is 4.41. The van der Waals surface area contributed by atoms with E-state index in [2.05, 4.69) is 9.97 Å². The Morgan fingerprint density at radius 1 is 1.38 bits per heavy atom. The Balaban J connectivity index is 2.57. The van der Waals surface area contributed by atoms with Crippen LogP contribution in [0.1, 0.15) is 5.69 Å². The maximum atomic E-state index is 11.2. The second-order valence-corrected chi connectivity index (χ2v) is 3.29. The highest BCUT2D eigenvalue weighted by Crippen LogP contribution is 2.19. The molecule has 0 aliphatic heterocycles. The summed E-state index contributed by atoms with van der Waals surface area (Å²) >= 11 is 0. The van der Waals surface area contributed by atoms with Crippen LogP contribution in [-0.2, 0) is 6.42 Å². The molecule has 0 aromatic carbocycles. The van der Waals surface area contributed by atoms with E-state index in [4.69, 9.17) is 5.26 Å². The van der Waals surface area contributed by atoms with Crippen LogP contribution in [0.3, 0.4) is 0 Å². The van der Waals surface area contributed by atoms with Gasteiger partial charge in [0.1, 0.15) is 0 Å². The molecule has 0 aliphatic rings. The van der Waals surface area contributed by atoms with Crippen molar-refractivity contribution in [1.29, 1.82) is 5.26 Å². The summed E-state index contributed by atoms with van der Waals surface area (Å²) in [5.74, 6) is 0. The third-order valence-electron chi connectivity index (χ3n) is 2.23. The molecule has 4 nitrogen and oxygen atoms in total. The second-order valence-electron chi connectivity index (χ2n) is 3.29. The van der Waals surface area contributed by atoms with Gasteiger partial charge in [0.25, 0.3) is 0 Å². The van der Waals surface area contributed by atoms with Crippen LogP contribution in [0.4, 0.5) is 0 Å². The maximum Gasteiger partial charge on any atom is 0.248 e. The molecule has 2 aromatic heterocycles. The highest BCUT2D eigenvalue weighted by molar-refractivity contribution is 5.64. The highest BCUT2D eigenvalue weighted by Gasteiger charge is 2.05. The van der Waals surface area contributed by atoms with E-state index >= 15 is 0 Å². The van der Waals surface area contributed by atoms with Gasteiger partial charge < -0.3 is 4.98 Å². The molecule has 0 amide bonds. The molecule has 0 unspecified atom stereocenters. The third-order valence-corrected chi connectivity index (χ3v) is 2.23. The summed E-state index contributed by atoms with van der Waals surface area (Å²) < 4.78 is 0. The number of hydrogen-bond donors (Lipinski definition) is 1. The van der Waals surface area contributed by atoms with Gasteiger partial charge >= 0.3 is 0 Å².